The number of quaternary nitrogens is 1. The lowest BCUT2D eigenvalue weighted by Crippen LogP contribution is -2.57. The van der Waals surface area contributed by atoms with Crippen LogP contribution in [0.3, 0.4) is 0 Å². The molecule has 0 rings (SSSR count). The molecule has 0 radical (unpaired) electrons. The average molecular weight is 499 g/mol. The maximum Gasteiger partial charge on any atom is 0.359 e. The summed E-state index contributed by atoms with van der Waals surface area (Å²) < 4.78 is -0.437. The van der Waals surface area contributed by atoms with Gasteiger partial charge in [0.15, 0.2) is 19.6 Å². The smallest absolute Gasteiger partial charge is 0.359 e. The number of carbonyl (C=O) groups is 3. The second-order valence-corrected chi connectivity index (χ2v) is 10.1. The molecule has 0 amide bonds. The minimum absolute atomic E-state index is 0.261. The summed E-state index contributed by atoms with van der Waals surface area (Å²) in [5, 5.41) is 27.4. The molecule has 0 aliphatic heterocycles. The number of hydrogen-bond donors (Lipinski definition) is 3. The standard InChI is InChI=1S/C28H51NO6/c1-2-3-4-5-6-7-8-9-10-11-12-13-14-15-16-17-18-19-20-21-22-29(23-26(30)31,24-27(32)33)25-28(34)35/h10-11H,2-9,12-25H2,1H3,(H2-,30,31,32,33,34,35)/p+1/b11-10+. The monoisotopic (exact) mass is 498 g/mol. The topological polar surface area (TPSA) is 112 Å². The van der Waals surface area contributed by atoms with E-state index in [1.165, 1.54) is 89.9 Å². The van der Waals surface area contributed by atoms with Gasteiger partial charge in [0.2, 0.25) is 0 Å². The van der Waals surface area contributed by atoms with Crippen molar-refractivity contribution in [1.82, 2.24) is 0 Å². The second kappa shape index (κ2) is 22.6. The number of rotatable bonds is 26. The van der Waals surface area contributed by atoms with E-state index in [4.69, 9.17) is 15.3 Å². The third kappa shape index (κ3) is 22.3. The lowest BCUT2D eigenvalue weighted by Gasteiger charge is -2.34. The molecule has 204 valence electrons. The van der Waals surface area contributed by atoms with Crippen LogP contribution in [0.1, 0.15) is 122 Å². The summed E-state index contributed by atoms with van der Waals surface area (Å²) in [6.07, 6.45) is 26.4. The molecule has 0 heterocycles. The second-order valence-electron chi connectivity index (χ2n) is 10.1. The number of hydrogen-bond acceptors (Lipinski definition) is 3. The molecular formula is C28H52NO6+. The lowest BCUT2D eigenvalue weighted by molar-refractivity contribution is -0.907. The van der Waals surface area contributed by atoms with E-state index in [1.807, 2.05) is 0 Å². The van der Waals surface area contributed by atoms with E-state index in [9.17, 15) is 14.4 Å². The van der Waals surface area contributed by atoms with Crippen LogP contribution in [0, 0.1) is 0 Å². The first-order valence-electron chi connectivity index (χ1n) is 14.0. The van der Waals surface area contributed by atoms with Crippen molar-refractivity contribution in [2.24, 2.45) is 0 Å². The molecule has 0 aliphatic carbocycles. The Morgan fingerprint density at radius 2 is 0.829 bits per heavy atom. The molecule has 0 saturated carbocycles. The van der Waals surface area contributed by atoms with Gasteiger partial charge < -0.3 is 15.3 Å². The Hall–Kier alpha value is -1.89. The first kappa shape index (κ1) is 33.1. The van der Waals surface area contributed by atoms with Crippen molar-refractivity contribution in [3.05, 3.63) is 12.2 Å². The molecule has 7 heteroatoms. The zero-order valence-electron chi connectivity index (χ0n) is 22.2. The highest BCUT2D eigenvalue weighted by atomic mass is 16.4. The number of carboxylic acids is 3. The SMILES string of the molecule is CCCCCCCCC/C=C/CCCCCCCCCCC[N+](CC(=O)O)(CC(=O)O)CC(=O)O. The number of nitrogens with zero attached hydrogens (tertiary/aromatic N) is 1. The fraction of sp³-hybridized carbons (Fsp3) is 0.821. The summed E-state index contributed by atoms with van der Waals surface area (Å²) in [4.78, 5) is 33.5. The van der Waals surface area contributed by atoms with Crippen LogP contribution in [0.15, 0.2) is 12.2 Å². The Labute approximate surface area is 213 Å². The molecule has 0 aromatic heterocycles. The zero-order valence-corrected chi connectivity index (χ0v) is 22.2. The van der Waals surface area contributed by atoms with Gasteiger partial charge in [-0.15, -0.1) is 0 Å². The summed E-state index contributed by atoms with van der Waals surface area (Å²) in [6.45, 7) is 1.08. The number of unbranched alkanes of at least 4 members (excludes halogenated alkanes) is 16. The van der Waals surface area contributed by atoms with Crippen molar-refractivity contribution in [2.75, 3.05) is 26.2 Å². The molecule has 0 unspecified atom stereocenters. The quantitative estimate of drug-likeness (QED) is 0.0699. The maximum absolute atomic E-state index is 11.2. The highest BCUT2D eigenvalue weighted by Gasteiger charge is 2.35. The zero-order chi connectivity index (χ0) is 26.2. The first-order valence-corrected chi connectivity index (χ1v) is 14.0. The minimum atomic E-state index is -1.17. The molecule has 0 aliphatic rings. The van der Waals surface area contributed by atoms with E-state index in [1.54, 1.807) is 0 Å². The van der Waals surface area contributed by atoms with E-state index in [0.717, 1.165) is 19.3 Å². The minimum Gasteiger partial charge on any atom is -0.477 e. The Morgan fingerprint density at radius 1 is 0.514 bits per heavy atom. The predicted octanol–water partition coefficient (Wildman–Crippen LogP) is 6.65. The van der Waals surface area contributed by atoms with E-state index in [2.05, 4.69) is 19.1 Å². The largest absolute Gasteiger partial charge is 0.477 e. The molecular weight excluding hydrogens is 446 g/mol. The summed E-state index contributed by atoms with van der Waals surface area (Å²) in [6, 6.07) is 0. The van der Waals surface area contributed by atoms with Crippen LogP contribution in [0.5, 0.6) is 0 Å². The van der Waals surface area contributed by atoms with Gasteiger partial charge in [0.05, 0.1) is 6.54 Å². The molecule has 0 aromatic rings. The lowest BCUT2D eigenvalue weighted by atomic mass is 10.1. The van der Waals surface area contributed by atoms with Gasteiger partial charge in [-0.3, -0.25) is 4.48 Å². The van der Waals surface area contributed by atoms with E-state index in [0.29, 0.717) is 6.42 Å². The molecule has 0 atom stereocenters. The predicted molar refractivity (Wildman–Crippen MR) is 141 cm³/mol. The number of allylic oxidation sites excluding steroid dienone is 2. The normalized spacial score (nSPS) is 11.8. The summed E-state index contributed by atoms with van der Waals surface area (Å²) in [5.74, 6) is -3.51. The van der Waals surface area contributed by atoms with Gasteiger partial charge in [-0.25, -0.2) is 14.4 Å². The number of aliphatic carboxylic acids is 3. The van der Waals surface area contributed by atoms with E-state index >= 15 is 0 Å². The summed E-state index contributed by atoms with van der Waals surface area (Å²) in [5.41, 5.74) is 0. The van der Waals surface area contributed by atoms with Crippen molar-refractivity contribution in [2.45, 2.75) is 122 Å². The fourth-order valence-electron chi connectivity index (χ4n) is 4.67. The van der Waals surface area contributed by atoms with Crippen LogP contribution in [0.4, 0.5) is 0 Å². The van der Waals surface area contributed by atoms with Gasteiger partial charge in [0.25, 0.3) is 0 Å². The van der Waals surface area contributed by atoms with Crippen molar-refractivity contribution in [1.29, 1.82) is 0 Å². The van der Waals surface area contributed by atoms with Gasteiger partial charge in [-0.2, -0.15) is 0 Å². The molecule has 0 spiro atoms. The van der Waals surface area contributed by atoms with Gasteiger partial charge in [0.1, 0.15) is 0 Å². The number of carboxylic acid groups (broad SMARTS) is 3. The third-order valence-electron chi connectivity index (χ3n) is 6.56. The Morgan fingerprint density at radius 3 is 1.17 bits per heavy atom. The highest BCUT2D eigenvalue weighted by Crippen LogP contribution is 2.15. The Bertz CT molecular complexity index is 549. The van der Waals surface area contributed by atoms with Gasteiger partial charge in [-0.1, -0.05) is 96.1 Å². The van der Waals surface area contributed by atoms with Crippen LogP contribution in [-0.2, 0) is 14.4 Å². The molecule has 3 N–H and O–H groups in total. The molecule has 0 fully saturated rings. The average Bonchev–Trinajstić information content (AvgIpc) is 2.76. The molecule has 0 bridgehead atoms. The maximum atomic E-state index is 11.2. The van der Waals surface area contributed by atoms with Gasteiger partial charge in [-0.05, 0) is 38.5 Å². The van der Waals surface area contributed by atoms with Crippen LogP contribution >= 0.6 is 0 Å². The molecule has 7 nitrogen and oxygen atoms in total. The highest BCUT2D eigenvalue weighted by molar-refractivity contribution is 5.73. The van der Waals surface area contributed by atoms with Crippen LogP contribution in [-0.4, -0.2) is 63.9 Å². The third-order valence-corrected chi connectivity index (χ3v) is 6.56. The van der Waals surface area contributed by atoms with E-state index in [-0.39, 0.29) is 6.54 Å². The summed E-state index contributed by atoms with van der Waals surface area (Å²) in [7, 11) is 0. The van der Waals surface area contributed by atoms with Crippen LogP contribution in [0.25, 0.3) is 0 Å². The van der Waals surface area contributed by atoms with Gasteiger partial charge >= 0.3 is 17.9 Å². The Balaban J connectivity index is 3.73. The van der Waals surface area contributed by atoms with Crippen molar-refractivity contribution < 1.29 is 34.2 Å². The van der Waals surface area contributed by atoms with Gasteiger partial charge in [0, 0.05) is 0 Å². The fourth-order valence-corrected chi connectivity index (χ4v) is 4.67. The summed E-state index contributed by atoms with van der Waals surface area (Å²) >= 11 is 0. The van der Waals surface area contributed by atoms with Crippen molar-refractivity contribution in [3.63, 3.8) is 0 Å². The molecule has 0 aromatic carbocycles. The molecule has 35 heavy (non-hydrogen) atoms. The van der Waals surface area contributed by atoms with Crippen LogP contribution < -0.4 is 0 Å². The van der Waals surface area contributed by atoms with Crippen molar-refractivity contribution >= 4 is 17.9 Å². The first-order chi connectivity index (χ1) is 16.8. The van der Waals surface area contributed by atoms with Crippen molar-refractivity contribution in [3.8, 4) is 0 Å². The Kier molecular flexibility index (Phi) is 21.3. The van der Waals surface area contributed by atoms with E-state index < -0.39 is 42.0 Å². The van der Waals surface area contributed by atoms with Crippen LogP contribution in [0.2, 0.25) is 0 Å². The molecule has 0 saturated heterocycles.